The molecule has 0 bridgehead atoms. The zero-order valence-corrected chi connectivity index (χ0v) is 14.9. The van der Waals surface area contributed by atoms with Crippen LogP contribution in [0.25, 0.3) is 0 Å². The fourth-order valence-corrected chi connectivity index (χ4v) is 4.16. The van der Waals surface area contributed by atoms with Gasteiger partial charge in [0.25, 0.3) is 5.91 Å². The Balaban J connectivity index is 1.63. The van der Waals surface area contributed by atoms with Crippen LogP contribution in [-0.2, 0) is 0 Å². The Morgan fingerprint density at radius 1 is 1.25 bits per heavy atom. The lowest BCUT2D eigenvalue weighted by Crippen LogP contribution is -2.38. The van der Waals surface area contributed by atoms with Crippen molar-refractivity contribution in [1.29, 1.82) is 0 Å². The van der Waals surface area contributed by atoms with Gasteiger partial charge in [-0.2, -0.15) is 0 Å². The average molecular weight is 352 g/mol. The molecule has 1 saturated carbocycles. The zero-order chi connectivity index (χ0) is 17.1. The van der Waals surface area contributed by atoms with Gasteiger partial charge in [-0.15, -0.1) is 0 Å². The van der Waals surface area contributed by atoms with Gasteiger partial charge in [-0.25, -0.2) is 0 Å². The van der Waals surface area contributed by atoms with Crippen LogP contribution in [0.1, 0.15) is 48.9 Å². The van der Waals surface area contributed by atoms with Crippen LogP contribution in [0.2, 0.25) is 5.02 Å². The molecule has 3 rings (SSSR count). The summed E-state index contributed by atoms with van der Waals surface area (Å²) in [6.07, 6.45) is 7.42. The van der Waals surface area contributed by atoms with E-state index in [1.807, 2.05) is 0 Å². The lowest BCUT2D eigenvalue weighted by molar-refractivity contribution is 0.0997. The Hall–Kier alpha value is -1.46. The lowest BCUT2D eigenvalue weighted by Gasteiger charge is -2.35. The van der Waals surface area contributed by atoms with Gasteiger partial charge < -0.3 is 20.7 Å². The third-order valence-corrected chi connectivity index (χ3v) is 5.58. The zero-order valence-electron chi connectivity index (χ0n) is 14.2. The summed E-state index contributed by atoms with van der Waals surface area (Å²) in [5.41, 5.74) is 6.49. The summed E-state index contributed by atoms with van der Waals surface area (Å²) in [6, 6.07) is 4.51. The highest BCUT2D eigenvalue weighted by Gasteiger charge is 2.27. The third-order valence-electron chi connectivity index (χ3n) is 5.27. The predicted molar refractivity (Wildman–Crippen MR) is 97.0 cm³/mol. The molecular weight excluding hydrogens is 326 g/mol. The molecule has 1 aromatic carbocycles. The van der Waals surface area contributed by atoms with Gasteiger partial charge in [-0.05, 0) is 57.7 Å². The fourth-order valence-electron chi connectivity index (χ4n) is 3.94. The first kappa shape index (κ1) is 17.4. The molecule has 1 aromatic rings. The molecule has 1 aliphatic heterocycles. The van der Waals surface area contributed by atoms with Crippen molar-refractivity contribution in [2.45, 2.75) is 50.6 Å². The number of methoxy groups -OCH3 is 1. The highest BCUT2D eigenvalue weighted by atomic mass is 35.5. The number of primary amides is 1. The van der Waals surface area contributed by atoms with Gasteiger partial charge in [0.15, 0.2) is 0 Å². The van der Waals surface area contributed by atoms with Gasteiger partial charge in [-0.3, -0.25) is 4.79 Å². The molecule has 24 heavy (non-hydrogen) atoms. The molecule has 2 aliphatic rings. The van der Waals surface area contributed by atoms with Gasteiger partial charge in [0.1, 0.15) is 5.75 Å². The van der Waals surface area contributed by atoms with E-state index in [1.165, 1.54) is 45.9 Å². The second-order valence-corrected chi connectivity index (χ2v) is 7.20. The van der Waals surface area contributed by atoms with E-state index in [0.717, 1.165) is 24.6 Å². The van der Waals surface area contributed by atoms with Gasteiger partial charge in [0.05, 0.1) is 23.4 Å². The molecule has 1 aliphatic carbocycles. The number of carbonyl (C=O) groups is 1. The number of ether oxygens (including phenoxy) is 1. The molecule has 2 fully saturated rings. The fraction of sp³-hybridized carbons (Fsp3) is 0.611. The van der Waals surface area contributed by atoms with Crippen molar-refractivity contribution < 1.29 is 9.53 Å². The van der Waals surface area contributed by atoms with Crippen molar-refractivity contribution in [2.24, 2.45) is 5.73 Å². The van der Waals surface area contributed by atoms with Crippen molar-refractivity contribution in [1.82, 2.24) is 4.90 Å². The van der Waals surface area contributed by atoms with Gasteiger partial charge >= 0.3 is 0 Å². The van der Waals surface area contributed by atoms with Crippen molar-refractivity contribution >= 4 is 23.2 Å². The van der Waals surface area contributed by atoms with Crippen LogP contribution in [0.15, 0.2) is 12.1 Å². The first-order chi connectivity index (χ1) is 11.6. The van der Waals surface area contributed by atoms with Crippen molar-refractivity contribution in [3.05, 3.63) is 22.7 Å². The minimum atomic E-state index is -0.536. The maximum atomic E-state index is 11.5. The topological polar surface area (TPSA) is 67.6 Å². The molecule has 0 spiro atoms. The second kappa shape index (κ2) is 7.62. The summed E-state index contributed by atoms with van der Waals surface area (Å²) < 4.78 is 5.27. The number of nitrogens with zero attached hydrogens (tertiary/aromatic N) is 1. The van der Waals surface area contributed by atoms with Crippen LogP contribution in [0, 0.1) is 0 Å². The number of hydrogen-bond acceptors (Lipinski definition) is 4. The standard InChI is InChI=1S/C18H26ClN3O2/c1-24-17-11-16(15(19)10-14(17)18(20)23)21-12-4-6-13(7-5-12)22-8-2-3-9-22/h10-13,21H,2-9H2,1H3,(H2,20,23). The Labute approximate surface area is 148 Å². The van der Waals surface area contributed by atoms with Crippen LogP contribution < -0.4 is 15.8 Å². The van der Waals surface area contributed by atoms with Crippen LogP contribution in [0.5, 0.6) is 5.75 Å². The molecule has 0 atom stereocenters. The highest BCUT2D eigenvalue weighted by Crippen LogP contribution is 2.34. The van der Waals surface area contributed by atoms with E-state index in [0.29, 0.717) is 22.4 Å². The van der Waals surface area contributed by atoms with E-state index in [2.05, 4.69) is 10.2 Å². The number of halogens is 1. The summed E-state index contributed by atoms with van der Waals surface area (Å²) in [5, 5.41) is 4.02. The van der Waals surface area contributed by atoms with E-state index < -0.39 is 5.91 Å². The number of nitrogens with one attached hydrogen (secondary N) is 1. The quantitative estimate of drug-likeness (QED) is 0.854. The van der Waals surface area contributed by atoms with E-state index in [1.54, 1.807) is 12.1 Å². The van der Waals surface area contributed by atoms with Crippen LogP contribution in [0.3, 0.4) is 0 Å². The second-order valence-electron chi connectivity index (χ2n) is 6.79. The predicted octanol–water partition coefficient (Wildman–Crippen LogP) is 3.27. The van der Waals surface area contributed by atoms with Gasteiger partial charge in [0.2, 0.25) is 0 Å². The number of anilines is 1. The Morgan fingerprint density at radius 3 is 2.50 bits per heavy atom. The molecule has 132 valence electrons. The first-order valence-corrected chi connectivity index (χ1v) is 9.14. The molecule has 6 heteroatoms. The van der Waals surface area contributed by atoms with Crippen molar-refractivity contribution in [3.63, 3.8) is 0 Å². The summed E-state index contributed by atoms with van der Waals surface area (Å²) in [7, 11) is 1.53. The Kier molecular flexibility index (Phi) is 5.51. The lowest BCUT2D eigenvalue weighted by atomic mass is 9.90. The number of hydrogen-bond donors (Lipinski definition) is 2. The smallest absolute Gasteiger partial charge is 0.252 e. The van der Waals surface area contributed by atoms with Crippen molar-refractivity contribution in [2.75, 3.05) is 25.5 Å². The number of benzene rings is 1. The number of nitrogens with two attached hydrogens (primary N) is 1. The largest absolute Gasteiger partial charge is 0.496 e. The summed E-state index contributed by atoms with van der Waals surface area (Å²) in [6.45, 7) is 2.53. The summed E-state index contributed by atoms with van der Waals surface area (Å²) in [4.78, 5) is 14.1. The molecule has 1 saturated heterocycles. The molecule has 5 nitrogen and oxygen atoms in total. The molecule has 0 radical (unpaired) electrons. The SMILES string of the molecule is COc1cc(NC2CCC(N3CCCC3)CC2)c(Cl)cc1C(N)=O. The van der Waals surface area contributed by atoms with Gasteiger partial charge in [-0.1, -0.05) is 11.6 Å². The number of carbonyl (C=O) groups excluding carboxylic acids is 1. The number of likely N-dealkylation sites (tertiary alicyclic amines) is 1. The molecular formula is C18H26ClN3O2. The minimum absolute atomic E-state index is 0.311. The number of amides is 1. The van der Waals surface area contributed by atoms with E-state index in [4.69, 9.17) is 22.1 Å². The van der Waals surface area contributed by atoms with E-state index in [9.17, 15) is 4.79 Å². The normalized spacial score (nSPS) is 24.8. The molecule has 1 amide bonds. The van der Waals surface area contributed by atoms with Gasteiger partial charge in [0, 0.05) is 18.2 Å². The molecule has 3 N–H and O–H groups in total. The minimum Gasteiger partial charge on any atom is -0.496 e. The van der Waals surface area contributed by atoms with Crippen LogP contribution in [-0.4, -0.2) is 43.1 Å². The van der Waals surface area contributed by atoms with E-state index in [-0.39, 0.29) is 0 Å². The maximum Gasteiger partial charge on any atom is 0.252 e. The average Bonchev–Trinajstić information content (AvgIpc) is 3.11. The van der Waals surface area contributed by atoms with E-state index >= 15 is 0 Å². The monoisotopic (exact) mass is 351 g/mol. The van der Waals surface area contributed by atoms with Crippen molar-refractivity contribution in [3.8, 4) is 5.75 Å². The molecule has 0 unspecified atom stereocenters. The number of rotatable bonds is 5. The maximum absolute atomic E-state index is 11.5. The molecule has 1 heterocycles. The molecule has 0 aromatic heterocycles. The van der Waals surface area contributed by atoms with Crippen LogP contribution >= 0.6 is 11.6 Å². The summed E-state index contributed by atoms with van der Waals surface area (Å²) >= 11 is 6.32. The Bertz CT molecular complexity index is 594. The highest BCUT2D eigenvalue weighted by molar-refractivity contribution is 6.33. The van der Waals surface area contributed by atoms with Crippen LogP contribution in [0.4, 0.5) is 5.69 Å². The first-order valence-electron chi connectivity index (χ1n) is 8.76. The third kappa shape index (κ3) is 3.78. The Morgan fingerprint density at radius 2 is 1.92 bits per heavy atom. The summed E-state index contributed by atoms with van der Waals surface area (Å²) in [5.74, 6) is -0.0772.